The van der Waals surface area contributed by atoms with E-state index in [1.54, 1.807) is 0 Å². The second kappa shape index (κ2) is 7.00. The topological polar surface area (TPSA) is 25.4 Å². The summed E-state index contributed by atoms with van der Waals surface area (Å²) in [6.45, 7) is 0.990. The van der Waals surface area contributed by atoms with Crippen molar-refractivity contribution in [1.82, 2.24) is 9.88 Å². The maximum atomic E-state index is 6.25. The molecule has 3 heteroatoms. The molecule has 2 atom stereocenters. The lowest BCUT2D eigenvalue weighted by atomic mass is 9.72. The number of piperidine rings is 1. The standard InChI is InChI=1S/C26H26N2O/c1-3-10-24-22(8-1)26(23-9-2-4-11-25(23)29-24)18-15-20-12-13-21(16-18)28(20)17-19-7-5-6-14-27-19/h1-11,14,18,20-21,26H,12-13,15-17H2. The molecule has 29 heavy (non-hydrogen) atoms. The lowest BCUT2D eigenvalue weighted by Gasteiger charge is -2.43. The Hall–Kier alpha value is -2.65. The van der Waals surface area contributed by atoms with Crippen molar-refractivity contribution in [2.45, 2.75) is 50.2 Å². The number of ether oxygens (including phenoxy) is 1. The average Bonchev–Trinajstić information content (AvgIpc) is 2.99. The number of hydrogen-bond donors (Lipinski definition) is 0. The van der Waals surface area contributed by atoms with Crippen molar-refractivity contribution in [2.24, 2.45) is 5.92 Å². The van der Waals surface area contributed by atoms with Crippen molar-refractivity contribution in [3.05, 3.63) is 89.7 Å². The molecule has 2 fully saturated rings. The lowest BCUT2D eigenvalue weighted by molar-refractivity contribution is 0.0876. The fourth-order valence-electron chi connectivity index (χ4n) is 5.98. The first-order chi connectivity index (χ1) is 14.4. The van der Waals surface area contributed by atoms with Crippen LogP contribution in [0.4, 0.5) is 0 Å². The van der Waals surface area contributed by atoms with Gasteiger partial charge in [0.05, 0.1) is 5.69 Å². The van der Waals surface area contributed by atoms with Crippen molar-refractivity contribution in [3.63, 3.8) is 0 Å². The molecule has 0 aliphatic carbocycles. The number of benzene rings is 2. The van der Waals surface area contributed by atoms with Gasteiger partial charge in [-0.3, -0.25) is 9.88 Å². The third kappa shape index (κ3) is 2.96. The minimum atomic E-state index is 0.441. The van der Waals surface area contributed by atoms with Gasteiger partial charge in [0.25, 0.3) is 0 Å². The van der Waals surface area contributed by atoms with Crippen LogP contribution in [0.2, 0.25) is 0 Å². The molecule has 0 N–H and O–H groups in total. The Morgan fingerprint density at radius 1 is 0.793 bits per heavy atom. The van der Waals surface area contributed by atoms with E-state index in [4.69, 9.17) is 4.74 Å². The SMILES string of the molecule is c1ccc(CN2C3CCC2CC(C2c4ccccc4Oc4ccccc42)C3)nc1. The van der Waals surface area contributed by atoms with E-state index in [9.17, 15) is 0 Å². The van der Waals surface area contributed by atoms with Crippen LogP contribution in [0.15, 0.2) is 72.9 Å². The van der Waals surface area contributed by atoms with Gasteiger partial charge in [-0.25, -0.2) is 0 Å². The number of pyridine rings is 1. The Morgan fingerprint density at radius 3 is 2.03 bits per heavy atom. The van der Waals surface area contributed by atoms with Gasteiger partial charge in [0.1, 0.15) is 11.5 Å². The van der Waals surface area contributed by atoms with Gasteiger partial charge >= 0.3 is 0 Å². The molecular weight excluding hydrogens is 356 g/mol. The zero-order chi connectivity index (χ0) is 19.2. The number of nitrogens with zero attached hydrogens (tertiary/aromatic N) is 2. The van der Waals surface area contributed by atoms with Crippen LogP contribution in [-0.2, 0) is 6.54 Å². The second-order valence-electron chi connectivity index (χ2n) is 8.77. The third-order valence-electron chi connectivity index (χ3n) is 7.19. The van der Waals surface area contributed by atoms with Crippen LogP contribution >= 0.6 is 0 Å². The van der Waals surface area contributed by atoms with Gasteiger partial charge in [-0.1, -0.05) is 42.5 Å². The Bertz CT molecular complexity index is 958. The molecule has 2 saturated heterocycles. The molecule has 2 bridgehead atoms. The molecular formula is C26H26N2O. The van der Waals surface area contributed by atoms with Crippen LogP contribution in [-0.4, -0.2) is 22.0 Å². The third-order valence-corrected chi connectivity index (χ3v) is 7.19. The van der Waals surface area contributed by atoms with E-state index >= 15 is 0 Å². The molecule has 0 spiro atoms. The fourth-order valence-corrected chi connectivity index (χ4v) is 5.98. The summed E-state index contributed by atoms with van der Waals surface area (Å²) in [5.74, 6) is 3.19. The van der Waals surface area contributed by atoms with Crippen LogP contribution in [0.25, 0.3) is 0 Å². The lowest BCUT2D eigenvalue weighted by Crippen LogP contribution is -2.44. The van der Waals surface area contributed by atoms with Crippen LogP contribution < -0.4 is 4.74 Å². The number of rotatable bonds is 3. The monoisotopic (exact) mass is 382 g/mol. The first kappa shape index (κ1) is 17.2. The predicted molar refractivity (Wildman–Crippen MR) is 114 cm³/mol. The van der Waals surface area contributed by atoms with Crippen molar-refractivity contribution >= 4 is 0 Å². The first-order valence-electron chi connectivity index (χ1n) is 10.9. The number of aromatic nitrogens is 1. The molecule has 0 saturated carbocycles. The summed E-state index contributed by atoms with van der Waals surface area (Å²) in [6.07, 6.45) is 7.08. The normalized spacial score (nSPS) is 25.9. The maximum Gasteiger partial charge on any atom is 0.131 e. The molecule has 6 rings (SSSR count). The second-order valence-corrected chi connectivity index (χ2v) is 8.77. The quantitative estimate of drug-likeness (QED) is 0.576. The molecule has 2 unspecified atom stereocenters. The Balaban J connectivity index is 1.31. The summed E-state index contributed by atoms with van der Waals surface area (Å²) in [7, 11) is 0. The Kier molecular flexibility index (Phi) is 4.16. The molecule has 0 radical (unpaired) electrons. The summed E-state index contributed by atoms with van der Waals surface area (Å²) < 4.78 is 6.25. The molecule has 2 aromatic carbocycles. The number of para-hydroxylation sites is 2. The van der Waals surface area contributed by atoms with E-state index in [-0.39, 0.29) is 0 Å². The van der Waals surface area contributed by atoms with Gasteiger partial charge in [-0.2, -0.15) is 0 Å². The van der Waals surface area contributed by atoms with Gasteiger partial charge in [0.15, 0.2) is 0 Å². The van der Waals surface area contributed by atoms with E-state index in [1.807, 2.05) is 12.3 Å². The first-order valence-corrected chi connectivity index (χ1v) is 10.9. The van der Waals surface area contributed by atoms with Crippen molar-refractivity contribution in [1.29, 1.82) is 0 Å². The highest BCUT2D eigenvalue weighted by Gasteiger charge is 2.45. The number of hydrogen-bond acceptors (Lipinski definition) is 3. The molecule has 3 aliphatic rings. The number of fused-ring (bicyclic) bond motifs is 4. The zero-order valence-electron chi connectivity index (χ0n) is 16.6. The minimum absolute atomic E-state index is 0.441. The highest BCUT2D eigenvalue weighted by atomic mass is 16.5. The highest BCUT2D eigenvalue weighted by Crippen LogP contribution is 2.53. The van der Waals surface area contributed by atoms with Crippen molar-refractivity contribution in [2.75, 3.05) is 0 Å². The predicted octanol–water partition coefficient (Wildman–Crippen LogP) is 5.76. The molecule has 3 nitrogen and oxygen atoms in total. The van der Waals surface area contributed by atoms with Gasteiger partial charge in [0.2, 0.25) is 0 Å². The minimum Gasteiger partial charge on any atom is -0.457 e. The fraction of sp³-hybridized carbons (Fsp3) is 0.346. The summed E-state index contributed by atoms with van der Waals surface area (Å²) in [6, 6.07) is 24.9. The summed E-state index contributed by atoms with van der Waals surface area (Å²) in [5.41, 5.74) is 3.94. The maximum absolute atomic E-state index is 6.25. The van der Waals surface area contributed by atoms with Gasteiger partial charge < -0.3 is 4.74 Å². The van der Waals surface area contributed by atoms with E-state index < -0.39 is 0 Å². The average molecular weight is 383 g/mol. The Labute approximate surface area is 172 Å². The smallest absolute Gasteiger partial charge is 0.131 e. The zero-order valence-corrected chi connectivity index (χ0v) is 16.6. The summed E-state index contributed by atoms with van der Waals surface area (Å²) >= 11 is 0. The van der Waals surface area contributed by atoms with Gasteiger partial charge in [0, 0.05) is 41.9 Å². The molecule has 4 heterocycles. The molecule has 1 aromatic heterocycles. The van der Waals surface area contributed by atoms with Crippen LogP contribution in [0.1, 0.15) is 48.4 Å². The van der Waals surface area contributed by atoms with Gasteiger partial charge in [-0.05, 0) is 55.9 Å². The molecule has 3 aromatic rings. The molecule has 146 valence electrons. The molecule has 0 amide bonds. The van der Waals surface area contributed by atoms with Crippen LogP contribution in [0, 0.1) is 5.92 Å². The van der Waals surface area contributed by atoms with E-state index in [0.717, 1.165) is 18.0 Å². The van der Waals surface area contributed by atoms with Crippen LogP contribution in [0.3, 0.4) is 0 Å². The van der Waals surface area contributed by atoms with Crippen molar-refractivity contribution in [3.8, 4) is 11.5 Å². The van der Waals surface area contributed by atoms with E-state index in [2.05, 4.69) is 70.5 Å². The Morgan fingerprint density at radius 2 is 1.41 bits per heavy atom. The summed E-state index contributed by atoms with van der Waals surface area (Å²) in [4.78, 5) is 7.31. The van der Waals surface area contributed by atoms with E-state index in [0.29, 0.717) is 23.9 Å². The largest absolute Gasteiger partial charge is 0.457 e. The van der Waals surface area contributed by atoms with Gasteiger partial charge in [-0.15, -0.1) is 0 Å². The highest BCUT2D eigenvalue weighted by molar-refractivity contribution is 5.53. The molecule has 3 aliphatic heterocycles. The summed E-state index contributed by atoms with van der Waals surface area (Å²) in [5, 5.41) is 0. The van der Waals surface area contributed by atoms with Crippen molar-refractivity contribution < 1.29 is 4.74 Å². The van der Waals surface area contributed by atoms with Crippen LogP contribution in [0.5, 0.6) is 11.5 Å². The van der Waals surface area contributed by atoms with E-state index in [1.165, 1.54) is 42.5 Å².